The van der Waals surface area contributed by atoms with Gasteiger partial charge in [-0.1, -0.05) is 36.4 Å². The highest BCUT2D eigenvalue weighted by Crippen LogP contribution is 2.30. The predicted molar refractivity (Wildman–Crippen MR) is 110 cm³/mol. The summed E-state index contributed by atoms with van der Waals surface area (Å²) in [6.45, 7) is 1.64. The fourth-order valence-electron chi connectivity index (χ4n) is 2.90. The van der Waals surface area contributed by atoms with Crippen molar-refractivity contribution >= 4 is 50.5 Å². The zero-order valence-corrected chi connectivity index (χ0v) is 15.9. The van der Waals surface area contributed by atoms with E-state index in [1.165, 1.54) is 0 Å². The van der Waals surface area contributed by atoms with E-state index in [1.54, 1.807) is 18.3 Å². The lowest BCUT2D eigenvalue weighted by Crippen LogP contribution is -2.11. The van der Waals surface area contributed by atoms with E-state index in [2.05, 4.69) is 9.97 Å². The molecule has 134 valence electrons. The van der Waals surface area contributed by atoms with Gasteiger partial charge >= 0.3 is 5.97 Å². The number of hydrogen-bond donors (Lipinski definition) is 2. The maximum absolute atomic E-state index is 12.7. The van der Waals surface area contributed by atoms with Crippen molar-refractivity contribution in [2.75, 3.05) is 0 Å². The third-order valence-corrected chi connectivity index (χ3v) is 6.16. The van der Waals surface area contributed by atoms with Crippen LogP contribution in [0, 0.1) is 6.92 Å². The van der Waals surface area contributed by atoms with E-state index >= 15 is 0 Å². The first kappa shape index (κ1) is 17.4. The van der Waals surface area contributed by atoms with Crippen LogP contribution in [0.1, 0.15) is 31.5 Å². The minimum atomic E-state index is -1.05. The summed E-state index contributed by atoms with van der Waals surface area (Å²) >= 11 is 2.61. The zero-order valence-electron chi connectivity index (χ0n) is 14.2. The lowest BCUT2D eigenvalue weighted by Gasteiger charge is -2.07. The average Bonchev–Trinajstić information content (AvgIpc) is 3.28. The molecule has 0 aliphatic carbocycles. The largest absolute Gasteiger partial charge is 0.477 e. The van der Waals surface area contributed by atoms with Gasteiger partial charge in [-0.2, -0.15) is 0 Å². The fourth-order valence-corrected chi connectivity index (χ4v) is 4.58. The molecule has 0 amide bonds. The van der Waals surface area contributed by atoms with E-state index in [0.29, 0.717) is 21.6 Å². The van der Waals surface area contributed by atoms with Crippen molar-refractivity contribution in [1.82, 2.24) is 9.97 Å². The van der Waals surface area contributed by atoms with Crippen LogP contribution in [-0.2, 0) is 0 Å². The summed E-state index contributed by atoms with van der Waals surface area (Å²) in [7, 11) is 0. The maximum atomic E-state index is 12.7. The lowest BCUT2D eigenvalue weighted by atomic mass is 10.0. The van der Waals surface area contributed by atoms with E-state index in [-0.39, 0.29) is 10.4 Å². The fraction of sp³-hybridized carbons (Fsp3) is 0.0500. The molecule has 2 N–H and O–H groups in total. The van der Waals surface area contributed by atoms with Gasteiger partial charge in [0.15, 0.2) is 0 Å². The number of rotatable bonds is 4. The standard InChI is InChI=1S/C20H14N2O3S2/c1-11-15-18(23)21-17(22-19(15)27-16(11)20(24)25)14(10-13-8-5-9-26-13)12-6-3-2-4-7-12/h2-10H,1H3,(H,24,25)(H,21,22,23)/b14-10-. The van der Waals surface area contributed by atoms with Crippen LogP contribution in [0.15, 0.2) is 52.6 Å². The van der Waals surface area contributed by atoms with E-state index in [4.69, 9.17) is 0 Å². The number of hydrogen-bond acceptors (Lipinski definition) is 5. The van der Waals surface area contributed by atoms with Crippen molar-refractivity contribution in [2.45, 2.75) is 6.92 Å². The van der Waals surface area contributed by atoms with Gasteiger partial charge in [0.25, 0.3) is 5.56 Å². The number of H-pyrrole nitrogens is 1. The minimum Gasteiger partial charge on any atom is -0.477 e. The summed E-state index contributed by atoms with van der Waals surface area (Å²) in [6, 6.07) is 13.6. The Bertz CT molecular complexity index is 1220. The zero-order chi connectivity index (χ0) is 19.0. The second-order valence-corrected chi connectivity index (χ2v) is 7.87. The number of aromatic amines is 1. The summed E-state index contributed by atoms with van der Waals surface area (Å²) < 4.78 is 0. The highest BCUT2D eigenvalue weighted by atomic mass is 32.1. The van der Waals surface area contributed by atoms with Gasteiger partial charge in [-0.05, 0) is 35.6 Å². The number of fused-ring (bicyclic) bond motifs is 1. The number of carbonyl (C=O) groups is 1. The van der Waals surface area contributed by atoms with Crippen molar-refractivity contribution in [3.8, 4) is 0 Å². The Morgan fingerprint density at radius 1 is 1.19 bits per heavy atom. The van der Waals surface area contributed by atoms with Crippen molar-refractivity contribution < 1.29 is 9.90 Å². The Balaban J connectivity index is 1.97. The van der Waals surface area contributed by atoms with Crippen LogP contribution in [0.5, 0.6) is 0 Å². The van der Waals surface area contributed by atoms with Gasteiger partial charge in [0.05, 0.1) is 5.39 Å². The van der Waals surface area contributed by atoms with Gasteiger partial charge in [-0.3, -0.25) is 4.79 Å². The number of benzene rings is 1. The van der Waals surface area contributed by atoms with Crippen LogP contribution in [0.4, 0.5) is 0 Å². The average molecular weight is 394 g/mol. The van der Waals surface area contributed by atoms with Crippen LogP contribution in [0.2, 0.25) is 0 Å². The van der Waals surface area contributed by atoms with Crippen LogP contribution < -0.4 is 5.56 Å². The van der Waals surface area contributed by atoms with E-state index in [1.807, 2.05) is 53.9 Å². The van der Waals surface area contributed by atoms with Crippen molar-refractivity contribution in [2.24, 2.45) is 0 Å². The topological polar surface area (TPSA) is 83.0 Å². The van der Waals surface area contributed by atoms with E-state index < -0.39 is 5.97 Å². The van der Waals surface area contributed by atoms with E-state index in [9.17, 15) is 14.7 Å². The first-order valence-corrected chi connectivity index (χ1v) is 9.82. The van der Waals surface area contributed by atoms with Gasteiger partial charge in [-0.25, -0.2) is 9.78 Å². The quantitative estimate of drug-likeness (QED) is 0.528. The van der Waals surface area contributed by atoms with Crippen molar-refractivity contribution in [3.63, 3.8) is 0 Å². The molecule has 3 aromatic heterocycles. The molecule has 4 rings (SSSR count). The summed E-state index contributed by atoms with van der Waals surface area (Å²) in [5, 5.41) is 11.7. The smallest absolute Gasteiger partial charge is 0.346 e. The third-order valence-electron chi connectivity index (χ3n) is 4.16. The van der Waals surface area contributed by atoms with Crippen LogP contribution in [-0.4, -0.2) is 21.0 Å². The Labute approximate surface area is 162 Å². The minimum absolute atomic E-state index is 0.142. The molecule has 0 bridgehead atoms. The number of aromatic nitrogens is 2. The molecule has 0 spiro atoms. The Morgan fingerprint density at radius 2 is 1.96 bits per heavy atom. The predicted octanol–water partition coefficient (Wildman–Crippen LogP) is 4.64. The molecule has 0 fully saturated rings. The van der Waals surface area contributed by atoms with Crippen LogP contribution in [0.3, 0.4) is 0 Å². The Hall–Kier alpha value is -3.03. The van der Waals surface area contributed by atoms with Gasteiger partial charge in [0, 0.05) is 10.5 Å². The Kier molecular flexibility index (Phi) is 4.47. The second kappa shape index (κ2) is 6.94. The normalized spacial score (nSPS) is 11.8. The van der Waals surface area contributed by atoms with Gasteiger partial charge in [0.2, 0.25) is 0 Å². The summed E-state index contributed by atoms with van der Waals surface area (Å²) in [6.07, 6.45) is 1.97. The highest BCUT2D eigenvalue weighted by Gasteiger charge is 2.20. The third kappa shape index (κ3) is 3.22. The molecule has 0 aliphatic rings. The van der Waals surface area contributed by atoms with Crippen LogP contribution >= 0.6 is 22.7 Å². The first-order chi connectivity index (χ1) is 13.0. The molecule has 27 heavy (non-hydrogen) atoms. The van der Waals surface area contributed by atoms with Crippen molar-refractivity contribution in [3.05, 3.63) is 84.9 Å². The number of carboxylic acid groups (broad SMARTS) is 1. The molecule has 0 unspecified atom stereocenters. The highest BCUT2D eigenvalue weighted by molar-refractivity contribution is 7.20. The molecule has 7 heteroatoms. The number of aromatic carboxylic acids is 1. The SMILES string of the molecule is Cc1c(C(=O)O)sc2nc(/C(=C\c3cccs3)c3ccccc3)[nH]c(=O)c12. The second-order valence-electron chi connectivity index (χ2n) is 5.90. The number of nitrogens with one attached hydrogen (secondary N) is 1. The molecule has 0 aliphatic heterocycles. The number of aryl methyl sites for hydroxylation is 1. The molecule has 0 radical (unpaired) electrons. The molecule has 3 heterocycles. The molecule has 5 nitrogen and oxygen atoms in total. The lowest BCUT2D eigenvalue weighted by molar-refractivity contribution is 0.0701. The molecule has 0 saturated carbocycles. The van der Waals surface area contributed by atoms with Gasteiger partial charge in [0.1, 0.15) is 15.5 Å². The maximum Gasteiger partial charge on any atom is 0.346 e. The molecule has 0 atom stereocenters. The molecular weight excluding hydrogens is 380 g/mol. The number of carboxylic acids is 1. The molecule has 0 saturated heterocycles. The first-order valence-electron chi connectivity index (χ1n) is 8.12. The summed E-state index contributed by atoms with van der Waals surface area (Å²) in [5.74, 6) is -0.626. The van der Waals surface area contributed by atoms with Gasteiger partial charge < -0.3 is 10.1 Å². The molecule has 4 aromatic rings. The number of thiophene rings is 2. The van der Waals surface area contributed by atoms with Crippen molar-refractivity contribution in [1.29, 1.82) is 0 Å². The van der Waals surface area contributed by atoms with Gasteiger partial charge in [-0.15, -0.1) is 22.7 Å². The summed E-state index contributed by atoms with van der Waals surface area (Å²) in [4.78, 5) is 33.1. The summed E-state index contributed by atoms with van der Waals surface area (Å²) in [5.41, 5.74) is 1.82. The number of nitrogens with zero attached hydrogens (tertiary/aromatic N) is 1. The monoisotopic (exact) mass is 394 g/mol. The van der Waals surface area contributed by atoms with E-state index in [0.717, 1.165) is 27.4 Å². The van der Waals surface area contributed by atoms with Crippen LogP contribution in [0.25, 0.3) is 21.9 Å². The Morgan fingerprint density at radius 3 is 2.63 bits per heavy atom. The molecule has 1 aromatic carbocycles. The molecular formula is C20H14N2O3S2.